The van der Waals surface area contributed by atoms with Gasteiger partial charge in [0.05, 0.1) is 24.7 Å². The second kappa shape index (κ2) is 5.04. The molecule has 1 unspecified atom stereocenters. The van der Waals surface area contributed by atoms with Crippen molar-refractivity contribution >= 4 is 0 Å². The van der Waals surface area contributed by atoms with Crippen molar-refractivity contribution in [3.8, 4) is 11.8 Å². The molecule has 2 aromatic rings. The third-order valence-corrected chi connectivity index (χ3v) is 4.33. The summed E-state index contributed by atoms with van der Waals surface area (Å²) in [5, 5.41) is 9.04. The maximum absolute atomic E-state index is 9.04. The fourth-order valence-electron chi connectivity index (χ4n) is 3.24. The van der Waals surface area contributed by atoms with Gasteiger partial charge >= 0.3 is 0 Å². The summed E-state index contributed by atoms with van der Waals surface area (Å²) in [6.45, 7) is 0.0741. The summed E-state index contributed by atoms with van der Waals surface area (Å²) >= 11 is 0. The molecule has 4 rings (SSSR count). The van der Waals surface area contributed by atoms with Gasteiger partial charge in [-0.05, 0) is 35.2 Å². The monoisotopic (exact) mass is 276 g/mol. The minimum absolute atomic E-state index is 0.0741. The Labute approximate surface area is 124 Å². The number of hydrogen-bond acceptors (Lipinski definition) is 2. The highest BCUT2D eigenvalue weighted by Gasteiger charge is 2.44. The highest BCUT2D eigenvalue weighted by atomic mass is 16.5. The van der Waals surface area contributed by atoms with E-state index >= 15 is 0 Å². The van der Waals surface area contributed by atoms with E-state index in [1.807, 2.05) is 24.3 Å². The minimum Gasteiger partial charge on any atom is -0.392 e. The zero-order valence-corrected chi connectivity index (χ0v) is 11.6. The summed E-state index contributed by atoms with van der Waals surface area (Å²) in [5.41, 5.74) is 4.55. The van der Waals surface area contributed by atoms with Gasteiger partial charge in [0, 0.05) is 5.56 Å². The Kier molecular flexibility index (Phi) is 3.03. The van der Waals surface area contributed by atoms with Gasteiger partial charge in [0.15, 0.2) is 0 Å². The van der Waals surface area contributed by atoms with E-state index < -0.39 is 0 Å². The fraction of sp³-hybridized carbons (Fsp3) is 0.263. The van der Waals surface area contributed by atoms with E-state index in [9.17, 15) is 0 Å². The molecule has 2 aliphatic heterocycles. The van der Waals surface area contributed by atoms with Gasteiger partial charge in [0.25, 0.3) is 0 Å². The van der Waals surface area contributed by atoms with Crippen molar-refractivity contribution in [2.24, 2.45) is 5.92 Å². The standard InChI is InChI=1S/C19H16O2/c20-12-14-7-5-13(6-8-14)9-10-15-11-18-16-3-1-2-4-17(16)19(15)21-18/h1-8,15,18-20H,11-12H2/t15?,18-,19+/m1/s1. The van der Waals surface area contributed by atoms with Crippen LogP contribution >= 0.6 is 0 Å². The summed E-state index contributed by atoms with van der Waals surface area (Å²) in [6.07, 6.45) is 1.35. The summed E-state index contributed by atoms with van der Waals surface area (Å²) < 4.78 is 6.04. The predicted molar refractivity (Wildman–Crippen MR) is 80.4 cm³/mol. The Hall–Kier alpha value is -2.08. The van der Waals surface area contributed by atoms with Crippen LogP contribution in [0.4, 0.5) is 0 Å². The van der Waals surface area contributed by atoms with Crippen LogP contribution in [-0.4, -0.2) is 5.11 Å². The molecule has 0 amide bonds. The van der Waals surface area contributed by atoms with E-state index in [1.54, 1.807) is 0 Å². The van der Waals surface area contributed by atoms with Gasteiger partial charge in [-0.1, -0.05) is 48.2 Å². The topological polar surface area (TPSA) is 29.5 Å². The van der Waals surface area contributed by atoms with Gasteiger partial charge in [-0.3, -0.25) is 0 Å². The molecule has 1 saturated heterocycles. The molecule has 2 heterocycles. The van der Waals surface area contributed by atoms with Gasteiger partial charge in [0.1, 0.15) is 0 Å². The largest absolute Gasteiger partial charge is 0.392 e. The van der Waals surface area contributed by atoms with Crippen molar-refractivity contribution in [1.29, 1.82) is 0 Å². The molecule has 2 aliphatic rings. The molecular formula is C19H16O2. The lowest BCUT2D eigenvalue weighted by Gasteiger charge is -2.16. The molecule has 3 atom stereocenters. The van der Waals surface area contributed by atoms with E-state index in [4.69, 9.17) is 9.84 Å². The number of benzene rings is 2. The molecule has 104 valence electrons. The molecular weight excluding hydrogens is 260 g/mol. The lowest BCUT2D eigenvalue weighted by molar-refractivity contribution is 0.0657. The lowest BCUT2D eigenvalue weighted by Crippen LogP contribution is -2.08. The first-order valence-corrected chi connectivity index (χ1v) is 7.31. The fourth-order valence-corrected chi connectivity index (χ4v) is 3.24. The third kappa shape index (κ3) is 2.15. The summed E-state index contributed by atoms with van der Waals surface area (Å²) in [4.78, 5) is 0. The highest BCUT2D eigenvalue weighted by Crippen LogP contribution is 2.53. The van der Waals surface area contributed by atoms with Crippen molar-refractivity contribution in [3.63, 3.8) is 0 Å². The molecule has 21 heavy (non-hydrogen) atoms. The predicted octanol–water partition coefficient (Wildman–Crippen LogP) is 3.36. The Balaban J connectivity index is 1.56. The summed E-state index contributed by atoms with van der Waals surface area (Å²) in [6, 6.07) is 16.2. The number of aliphatic hydroxyl groups excluding tert-OH is 1. The third-order valence-electron chi connectivity index (χ3n) is 4.33. The molecule has 2 heteroatoms. The number of hydrogen-bond donors (Lipinski definition) is 1. The van der Waals surface area contributed by atoms with E-state index in [0.717, 1.165) is 17.5 Å². The van der Waals surface area contributed by atoms with Crippen molar-refractivity contribution in [2.45, 2.75) is 25.2 Å². The molecule has 0 aliphatic carbocycles. The first kappa shape index (κ1) is 12.6. The van der Waals surface area contributed by atoms with E-state index in [-0.39, 0.29) is 24.7 Å². The van der Waals surface area contributed by atoms with Crippen LogP contribution < -0.4 is 0 Å². The SMILES string of the molecule is OCc1ccc(C#CC2C[C@H]3O[C@@H]2c2ccccc23)cc1. The number of ether oxygens (including phenoxy) is 1. The van der Waals surface area contributed by atoms with Crippen LogP contribution in [0.3, 0.4) is 0 Å². The zero-order chi connectivity index (χ0) is 14.2. The quantitative estimate of drug-likeness (QED) is 0.809. The van der Waals surface area contributed by atoms with E-state index in [2.05, 4.69) is 36.1 Å². The average Bonchev–Trinajstić information content (AvgIpc) is 3.12. The summed E-state index contributed by atoms with van der Waals surface area (Å²) in [7, 11) is 0. The van der Waals surface area contributed by atoms with Crippen molar-refractivity contribution < 1.29 is 9.84 Å². The number of rotatable bonds is 1. The molecule has 0 saturated carbocycles. The molecule has 0 radical (unpaired) electrons. The molecule has 2 aromatic carbocycles. The molecule has 1 N–H and O–H groups in total. The zero-order valence-electron chi connectivity index (χ0n) is 11.6. The maximum atomic E-state index is 9.04. The Morgan fingerprint density at radius 1 is 1.05 bits per heavy atom. The van der Waals surface area contributed by atoms with Crippen LogP contribution in [0, 0.1) is 17.8 Å². The van der Waals surface area contributed by atoms with Gasteiger partial charge < -0.3 is 9.84 Å². The second-order valence-corrected chi connectivity index (χ2v) is 5.64. The second-order valence-electron chi connectivity index (χ2n) is 5.64. The average molecular weight is 276 g/mol. The van der Waals surface area contributed by atoms with Crippen LogP contribution in [0.25, 0.3) is 0 Å². The smallest absolute Gasteiger partial charge is 0.0975 e. The molecule has 0 aromatic heterocycles. The maximum Gasteiger partial charge on any atom is 0.0975 e. The molecule has 1 fully saturated rings. The lowest BCUT2D eigenvalue weighted by atomic mass is 9.84. The minimum atomic E-state index is 0.0741. The normalized spacial score (nSPS) is 25.3. The Bertz CT molecular complexity index is 721. The Morgan fingerprint density at radius 3 is 2.57 bits per heavy atom. The van der Waals surface area contributed by atoms with Gasteiger partial charge in [-0.15, -0.1) is 0 Å². The molecule has 0 spiro atoms. The van der Waals surface area contributed by atoms with Crippen LogP contribution in [0.15, 0.2) is 48.5 Å². The van der Waals surface area contributed by atoms with Crippen molar-refractivity contribution in [1.82, 2.24) is 0 Å². The first-order valence-electron chi connectivity index (χ1n) is 7.31. The summed E-state index contributed by atoms with van der Waals surface area (Å²) in [5.74, 6) is 6.89. The van der Waals surface area contributed by atoms with Crippen LogP contribution in [0.5, 0.6) is 0 Å². The van der Waals surface area contributed by atoms with Crippen LogP contribution in [0.2, 0.25) is 0 Å². The van der Waals surface area contributed by atoms with Crippen LogP contribution in [-0.2, 0) is 11.3 Å². The van der Waals surface area contributed by atoms with Gasteiger partial charge in [0.2, 0.25) is 0 Å². The van der Waals surface area contributed by atoms with Crippen molar-refractivity contribution in [2.75, 3.05) is 0 Å². The van der Waals surface area contributed by atoms with E-state index in [1.165, 1.54) is 11.1 Å². The van der Waals surface area contributed by atoms with Crippen LogP contribution in [0.1, 0.15) is 40.9 Å². The van der Waals surface area contributed by atoms with Crippen molar-refractivity contribution in [3.05, 3.63) is 70.8 Å². The van der Waals surface area contributed by atoms with Gasteiger partial charge in [-0.25, -0.2) is 0 Å². The highest BCUT2D eigenvalue weighted by molar-refractivity contribution is 5.42. The molecule has 2 bridgehead atoms. The van der Waals surface area contributed by atoms with E-state index in [0.29, 0.717) is 0 Å². The molecule has 2 nitrogen and oxygen atoms in total. The first-order chi connectivity index (χ1) is 10.3. The van der Waals surface area contributed by atoms with Gasteiger partial charge in [-0.2, -0.15) is 0 Å². The number of aliphatic hydroxyl groups is 1. The Morgan fingerprint density at radius 2 is 1.81 bits per heavy atom. The number of fused-ring (bicyclic) bond motifs is 5.